The van der Waals surface area contributed by atoms with Gasteiger partial charge in [0.05, 0.1) is 13.2 Å². The Kier molecular flexibility index (Phi) is 3.47. The molecule has 30 heavy (non-hydrogen) atoms. The third-order valence-corrected chi connectivity index (χ3v) is 6.77. The second kappa shape index (κ2) is 5.68. The second-order valence-electron chi connectivity index (χ2n) is 7.82. The van der Waals surface area contributed by atoms with Crippen LogP contribution in [0.3, 0.4) is 0 Å². The van der Waals surface area contributed by atoms with E-state index in [1.165, 1.54) is 7.11 Å². The Morgan fingerprint density at radius 3 is 2.23 bits per heavy atom. The smallest absolute Gasteiger partial charge is 0.329 e. The third-order valence-electron chi connectivity index (χ3n) is 6.77. The van der Waals surface area contributed by atoms with Crippen molar-refractivity contribution < 1.29 is 19.1 Å². The number of amides is 2. The summed E-state index contributed by atoms with van der Waals surface area (Å²) >= 11 is 0. The lowest BCUT2D eigenvalue weighted by Crippen LogP contribution is -2.65. The number of hydrogen-bond acceptors (Lipinski definition) is 6. The van der Waals surface area contributed by atoms with Gasteiger partial charge in [-0.2, -0.15) is 5.26 Å². The number of carbonyl (C=O) groups excluding carboxylic acids is 3. The fourth-order valence-electron chi connectivity index (χ4n) is 5.78. The topological polar surface area (TPSA) is 112 Å². The number of ether oxygens (including phenoxy) is 1. The quantitative estimate of drug-likeness (QED) is 0.697. The maximum atomic E-state index is 13.8. The van der Waals surface area contributed by atoms with Gasteiger partial charge in [-0.1, -0.05) is 36.4 Å². The molecular weight excluding hydrogens is 384 g/mol. The molecule has 8 heteroatoms. The molecule has 3 heterocycles. The van der Waals surface area contributed by atoms with E-state index in [9.17, 15) is 19.6 Å². The number of nitrogens with one attached hydrogen (secondary N) is 2. The molecule has 0 aliphatic carbocycles. The molecule has 2 amide bonds. The van der Waals surface area contributed by atoms with E-state index in [2.05, 4.69) is 16.7 Å². The summed E-state index contributed by atoms with van der Waals surface area (Å²) in [5.74, 6) is -1.89. The van der Waals surface area contributed by atoms with Crippen molar-refractivity contribution in [3.05, 3.63) is 59.7 Å². The number of hydrogen-bond donors (Lipinski definition) is 2. The normalized spacial score (nSPS) is 31.2. The number of para-hydroxylation sites is 2. The molecule has 0 aromatic heterocycles. The van der Waals surface area contributed by atoms with Gasteiger partial charge in [0.2, 0.25) is 5.91 Å². The van der Waals surface area contributed by atoms with E-state index in [0.29, 0.717) is 22.5 Å². The van der Waals surface area contributed by atoms with Gasteiger partial charge in [-0.3, -0.25) is 19.3 Å². The van der Waals surface area contributed by atoms with Crippen LogP contribution in [0, 0.1) is 16.7 Å². The summed E-state index contributed by atoms with van der Waals surface area (Å²) in [6.45, 7) is -0.153. The van der Waals surface area contributed by atoms with Crippen LogP contribution in [0.25, 0.3) is 0 Å². The van der Waals surface area contributed by atoms with Crippen molar-refractivity contribution in [3.8, 4) is 6.07 Å². The minimum atomic E-state index is -1.94. The van der Waals surface area contributed by atoms with Gasteiger partial charge in [0.15, 0.2) is 5.41 Å². The monoisotopic (exact) mass is 402 g/mol. The summed E-state index contributed by atoms with van der Waals surface area (Å²) in [7, 11) is 2.83. The molecule has 0 bridgehead atoms. The van der Waals surface area contributed by atoms with Crippen molar-refractivity contribution in [2.24, 2.45) is 5.41 Å². The first-order valence-corrected chi connectivity index (χ1v) is 9.44. The van der Waals surface area contributed by atoms with Crippen LogP contribution in [-0.4, -0.2) is 43.4 Å². The highest BCUT2D eigenvalue weighted by molar-refractivity contribution is 6.20. The number of esters is 1. The molecule has 2 aromatic rings. The fourth-order valence-corrected chi connectivity index (χ4v) is 5.78. The Balaban J connectivity index is 2.00. The van der Waals surface area contributed by atoms with Crippen LogP contribution >= 0.6 is 0 Å². The van der Waals surface area contributed by atoms with E-state index in [1.807, 2.05) is 0 Å². The zero-order chi connectivity index (χ0) is 21.3. The molecule has 3 atom stereocenters. The maximum Gasteiger partial charge on any atom is 0.329 e. The lowest BCUT2D eigenvalue weighted by molar-refractivity contribution is -0.156. The number of anilines is 2. The van der Waals surface area contributed by atoms with E-state index in [4.69, 9.17) is 4.74 Å². The summed E-state index contributed by atoms with van der Waals surface area (Å²) in [5.41, 5.74) is -3.40. The van der Waals surface area contributed by atoms with Crippen LogP contribution in [-0.2, 0) is 30.1 Å². The minimum absolute atomic E-state index is 0.153. The number of likely N-dealkylation sites (tertiary alicyclic amines) is 1. The standard InChI is InChI=1S/C22H18N4O4/c1-26-12-20(11-23,19(29)30-2)21(13-7-3-5-9-15(13)24-17(21)27)22(26)14-8-4-6-10-16(14)25-18(22)28/h3-10H,12H2,1-2H3,(H,24,27)(H,25,28)/t20-,21-,22-/m1/s1. The lowest BCUT2D eigenvalue weighted by atomic mass is 9.53. The van der Waals surface area contributed by atoms with Crippen LogP contribution in [0.2, 0.25) is 0 Å². The van der Waals surface area contributed by atoms with Crippen molar-refractivity contribution in [3.63, 3.8) is 0 Å². The SMILES string of the molecule is COC(=O)[C@@]1(C#N)CN(C)[C@]2(C(=O)Nc3ccccc32)[C@]12C(=O)Nc1ccccc12. The second-order valence-corrected chi connectivity index (χ2v) is 7.82. The fraction of sp³-hybridized carbons (Fsp3) is 0.273. The zero-order valence-corrected chi connectivity index (χ0v) is 16.4. The van der Waals surface area contributed by atoms with E-state index < -0.39 is 34.2 Å². The van der Waals surface area contributed by atoms with Gasteiger partial charge in [-0.25, -0.2) is 0 Å². The van der Waals surface area contributed by atoms with Crippen molar-refractivity contribution >= 4 is 29.2 Å². The third kappa shape index (κ3) is 1.62. The first-order valence-electron chi connectivity index (χ1n) is 9.44. The summed E-state index contributed by atoms with van der Waals surface area (Å²) in [4.78, 5) is 42.4. The van der Waals surface area contributed by atoms with Crippen LogP contribution in [0.5, 0.6) is 0 Å². The highest BCUT2D eigenvalue weighted by atomic mass is 16.5. The predicted octanol–water partition coefficient (Wildman–Crippen LogP) is 1.35. The summed E-state index contributed by atoms with van der Waals surface area (Å²) in [6.07, 6.45) is 0. The first-order chi connectivity index (χ1) is 14.4. The highest BCUT2D eigenvalue weighted by Crippen LogP contribution is 2.67. The van der Waals surface area contributed by atoms with Gasteiger partial charge in [0, 0.05) is 23.5 Å². The van der Waals surface area contributed by atoms with Crippen LogP contribution in [0.15, 0.2) is 48.5 Å². The predicted molar refractivity (Wildman–Crippen MR) is 106 cm³/mol. The van der Waals surface area contributed by atoms with Gasteiger partial charge in [0.25, 0.3) is 5.91 Å². The Hall–Kier alpha value is -3.70. The van der Waals surface area contributed by atoms with Gasteiger partial charge >= 0.3 is 5.97 Å². The molecule has 5 rings (SSSR count). The van der Waals surface area contributed by atoms with E-state index in [-0.39, 0.29) is 6.54 Å². The van der Waals surface area contributed by atoms with Crippen molar-refractivity contribution in [1.29, 1.82) is 5.26 Å². The molecule has 1 saturated heterocycles. The lowest BCUT2D eigenvalue weighted by Gasteiger charge is -2.44. The van der Waals surface area contributed by atoms with Crippen LogP contribution in [0.4, 0.5) is 11.4 Å². The molecular formula is C22H18N4O4. The Labute approximate surface area is 172 Å². The zero-order valence-electron chi connectivity index (χ0n) is 16.4. The van der Waals surface area contributed by atoms with Gasteiger partial charge in [0.1, 0.15) is 11.0 Å². The summed E-state index contributed by atoms with van der Waals surface area (Å²) in [6, 6.07) is 16.0. The molecule has 0 saturated carbocycles. The number of benzene rings is 2. The maximum absolute atomic E-state index is 13.8. The molecule has 1 fully saturated rings. The molecule has 0 radical (unpaired) electrons. The largest absolute Gasteiger partial charge is 0.468 e. The van der Waals surface area contributed by atoms with Gasteiger partial charge in [-0.05, 0) is 24.7 Å². The van der Waals surface area contributed by atoms with Crippen molar-refractivity contribution in [2.45, 2.75) is 11.0 Å². The number of nitrogens with zero attached hydrogens (tertiary/aromatic N) is 2. The number of carbonyl (C=O) groups is 3. The van der Waals surface area contributed by atoms with Crippen molar-refractivity contribution in [1.82, 2.24) is 4.90 Å². The minimum Gasteiger partial charge on any atom is -0.468 e. The molecule has 2 N–H and O–H groups in total. The Morgan fingerprint density at radius 2 is 1.60 bits per heavy atom. The molecule has 8 nitrogen and oxygen atoms in total. The highest BCUT2D eigenvalue weighted by Gasteiger charge is 2.84. The molecule has 2 spiro atoms. The number of nitriles is 1. The average molecular weight is 402 g/mol. The van der Waals surface area contributed by atoms with E-state index >= 15 is 0 Å². The number of fused-ring (bicyclic) bond motifs is 5. The molecule has 150 valence electrons. The summed E-state index contributed by atoms with van der Waals surface area (Å²) < 4.78 is 5.05. The van der Waals surface area contributed by atoms with Crippen LogP contribution in [0.1, 0.15) is 11.1 Å². The van der Waals surface area contributed by atoms with Crippen LogP contribution < -0.4 is 10.6 Å². The number of methoxy groups -OCH3 is 1. The molecule has 0 unspecified atom stereocenters. The Morgan fingerprint density at radius 1 is 1.03 bits per heavy atom. The first kappa shape index (κ1) is 18.3. The molecule has 3 aliphatic heterocycles. The van der Waals surface area contributed by atoms with Crippen molar-refractivity contribution in [2.75, 3.05) is 31.3 Å². The molecule has 2 aromatic carbocycles. The average Bonchev–Trinajstić information content (AvgIpc) is 3.31. The van der Waals surface area contributed by atoms with E-state index in [1.54, 1.807) is 60.5 Å². The summed E-state index contributed by atoms with van der Waals surface area (Å²) in [5, 5.41) is 16.1. The van der Waals surface area contributed by atoms with Gasteiger partial charge in [-0.15, -0.1) is 0 Å². The molecule has 3 aliphatic rings. The number of likely N-dealkylation sites (N-methyl/N-ethyl adjacent to an activating group) is 1. The van der Waals surface area contributed by atoms with Gasteiger partial charge < -0.3 is 15.4 Å². The number of rotatable bonds is 1. The van der Waals surface area contributed by atoms with E-state index in [0.717, 1.165) is 0 Å². The Bertz CT molecular complexity index is 1190.